The number of allylic oxidation sites excluding steroid dienone is 6. The molecule has 13 heteroatoms. The van der Waals surface area contributed by atoms with Gasteiger partial charge in [0, 0.05) is 44.4 Å². The molecule has 0 aromatic rings. The molecule has 0 aliphatic rings. The summed E-state index contributed by atoms with van der Waals surface area (Å²) in [6.45, 7) is 32.1. The van der Waals surface area contributed by atoms with E-state index in [1.165, 1.54) is 115 Å². The first-order valence-corrected chi connectivity index (χ1v) is 33.1. The maximum absolute atomic E-state index is 12.2. The van der Waals surface area contributed by atoms with Crippen molar-refractivity contribution in [2.45, 2.75) is 301 Å². The predicted molar refractivity (Wildman–Crippen MR) is 343 cm³/mol. The fourth-order valence-electron chi connectivity index (χ4n) is 8.03. The summed E-state index contributed by atoms with van der Waals surface area (Å²) in [6.07, 6.45) is 42.4. The van der Waals surface area contributed by atoms with Gasteiger partial charge >= 0.3 is 35.8 Å². The van der Waals surface area contributed by atoms with Crippen molar-refractivity contribution in [2.24, 2.45) is 17.8 Å². The van der Waals surface area contributed by atoms with Gasteiger partial charge in [0.15, 0.2) is 0 Å². The van der Waals surface area contributed by atoms with E-state index < -0.39 is 0 Å². The highest BCUT2D eigenvalue weighted by molar-refractivity contribution is 5.72. The van der Waals surface area contributed by atoms with E-state index in [-0.39, 0.29) is 80.3 Å². The van der Waals surface area contributed by atoms with Crippen LogP contribution >= 0.6 is 0 Å². The Morgan fingerprint density at radius 1 is 0.398 bits per heavy atom. The number of ether oxygens (including phenoxy) is 7. The van der Waals surface area contributed by atoms with Crippen LogP contribution in [0.25, 0.3) is 0 Å². The number of esters is 6. The van der Waals surface area contributed by atoms with E-state index in [2.05, 4.69) is 61.6 Å². The fraction of sp³-hybridized carbons (Fsp3) is 0.800. The second kappa shape index (κ2) is 68.4. The molecule has 0 saturated carbocycles. The first kappa shape index (κ1) is 85.0. The van der Waals surface area contributed by atoms with Crippen LogP contribution in [0.15, 0.2) is 48.8 Å². The summed E-state index contributed by atoms with van der Waals surface area (Å²) in [5.74, 6) is -0.898. The van der Waals surface area contributed by atoms with Crippen LogP contribution < -0.4 is 0 Å². The van der Waals surface area contributed by atoms with Crippen LogP contribution in [0.5, 0.6) is 0 Å². The van der Waals surface area contributed by atoms with Gasteiger partial charge in [0.1, 0.15) is 0 Å². The molecule has 0 aliphatic heterocycles. The van der Waals surface area contributed by atoms with Crippen LogP contribution in [0.2, 0.25) is 0 Å². The van der Waals surface area contributed by atoms with Gasteiger partial charge < -0.3 is 33.2 Å². The van der Waals surface area contributed by atoms with Gasteiger partial charge in [0.25, 0.3) is 0 Å². The molecule has 0 radical (unpaired) electrons. The minimum atomic E-state index is -0.381. The molecule has 486 valence electrons. The predicted octanol–water partition coefficient (Wildman–Crippen LogP) is 19.1. The second-order valence-electron chi connectivity index (χ2n) is 22.4. The molecule has 1 unspecified atom stereocenters. The zero-order valence-electron chi connectivity index (χ0n) is 55.5. The molecule has 0 aromatic carbocycles. The first-order valence-electron chi connectivity index (χ1n) is 33.1. The molecular formula is C70H128O13. The molecule has 0 spiro atoms. The lowest BCUT2D eigenvalue weighted by Crippen LogP contribution is -2.24. The number of rotatable bonds is 52. The molecule has 0 amide bonds. The van der Waals surface area contributed by atoms with Crippen molar-refractivity contribution < 1.29 is 61.9 Å². The van der Waals surface area contributed by atoms with Crippen LogP contribution in [-0.4, -0.2) is 82.1 Å². The van der Waals surface area contributed by atoms with Gasteiger partial charge in [-0.2, -0.15) is 0 Å². The molecule has 0 fully saturated rings. The second-order valence-corrected chi connectivity index (χ2v) is 22.4. The molecule has 0 rings (SSSR count). The third kappa shape index (κ3) is 73.6. The summed E-state index contributed by atoms with van der Waals surface area (Å²) in [7, 11) is 0. The van der Waals surface area contributed by atoms with Crippen molar-refractivity contribution in [3.8, 4) is 0 Å². The Balaban J connectivity index is -0.000000586. The molecule has 0 saturated heterocycles. The molecule has 0 N–H and O–H groups in total. The van der Waals surface area contributed by atoms with E-state index in [9.17, 15) is 28.8 Å². The van der Waals surface area contributed by atoms with Crippen molar-refractivity contribution in [1.82, 2.24) is 0 Å². The zero-order valence-corrected chi connectivity index (χ0v) is 55.5. The maximum atomic E-state index is 12.2. The maximum Gasteiger partial charge on any atom is 0.306 e. The number of hydrogen-bond donors (Lipinski definition) is 0. The molecule has 83 heavy (non-hydrogen) atoms. The summed E-state index contributed by atoms with van der Waals surface area (Å²) in [6, 6.07) is 0. The lowest BCUT2D eigenvalue weighted by Gasteiger charge is -2.18. The van der Waals surface area contributed by atoms with E-state index in [1.807, 2.05) is 39.0 Å². The third-order valence-corrected chi connectivity index (χ3v) is 13.2. The third-order valence-electron chi connectivity index (χ3n) is 13.2. The monoisotopic (exact) mass is 1180 g/mol. The number of hydrogen-bond acceptors (Lipinski definition) is 13. The van der Waals surface area contributed by atoms with Crippen LogP contribution in [-0.2, 0) is 61.9 Å². The van der Waals surface area contributed by atoms with Crippen molar-refractivity contribution in [1.29, 1.82) is 0 Å². The average molecular weight is 1180 g/mol. The average Bonchev–Trinajstić information content (AvgIpc) is 3.45. The van der Waals surface area contributed by atoms with Crippen molar-refractivity contribution in [3.63, 3.8) is 0 Å². The molecule has 0 aromatic heterocycles. The summed E-state index contributed by atoms with van der Waals surface area (Å²) >= 11 is 0. The highest BCUT2D eigenvalue weighted by atomic mass is 16.6. The Labute approximate surface area is 509 Å². The van der Waals surface area contributed by atoms with Gasteiger partial charge in [-0.25, -0.2) is 0 Å². The van der Waals surface area contributed by atoms with Gasteiger partial charge in [-0.15, -0.1) is 0 Å². The van der Waals surface area contributed by atoms with Gasteiger partial charge in [-0.1, -0.05) is 240 Å². The number of carbonyl (C=O) groups excluding carboxylic acids is 6. The van der Waals surface area contributed by atoms with Gasteiger partial charge in [0.05, 0.1) is 64.8 Å². The topological polar surface area (TPSA) is 167 Å². The normalized spacial score (nSPS) is 11.3. The lowest BCUT2D eigenvalue weighted by atomic mass is 10.1. The van der Waals surface area contributed by atoms with Crippen LogP contribution in [0.1, 0.15) is 301 Å². The van der Waals surface area contributed by atoms with Gasteiger partial charge in [-0.3, -0.25) is 28.8 Å². The number of carbonyl (C=O) groups is 6. The van der Waals surface area contributed by atoms with Crippen LogP contribution in [0.4, 0.5) is 0 Å². The largest absolute Gasteiger partial charge is 0.498 e. The summed E-state index contributed by atoms with van der Waals surface area (Å²) in [5, 5.41) is 0. The molecule has 0 aliphatic carbocycles. The van der Waals surface area contributed by atoms with Crippen LogP contribution in [0.3, 0.4) is 0 Å². The quantitative estimate of drug-likeness (QED) is 0.0186. The smallest absolute Gasteiger partial charge is 0.306 e. The number of unbranched alkanes of at least 4 members (excludes halogenated alkanes) is 22. The SMILES string of the molecule is C=C(CCCCCCCC)OCC(COC(=O)CCCCCCCC)CC(=O)OCCC.C=C/C=C(C)\C=C/C.CCCCCCCCC(=O)OCC(COC(=O)CCCCCCCC)CC(=O)OCCC(C)C.CCCCCOC(C)=O. The Kier molecular flexibility index (Phi) is 70.0. The zero-order chi connectivity index (χ0) is 62.8. The molecule has 0 bridgehead atoms. The molecule has 0 heterocycles. The highest BCUT2D eigenvalue weighted by Gasteiger charge is 2.21. The Hall–Kier alpha value is -4.42. The van der Waals surface area contributed by atoms with E-state index in [0.29, 0.717) is 51.6 Å². The Morgan fingerprint density at radius 3 is 1.10 bits per heavy atom. The van der Waals surface area contributed by atoms with Crippen molar-refractivity contribution in [3.05, 3.63) is 48.8 Å². The van der Waals surface area contributed by atoms with Gasteiger partial charge in [-0.05, 0) is 64.7 Å². The molecule has 1 atom stereocenters. The summed E-state index contributed by atoms with van der Waals surface area (Å²) in [5.41, 5.74) is 1.24. The minimum Gasteiger partial charge on any atom is -0.498 e. The van der Waals surface area contributed by atoms with E-state index in [4.69, 9.17) is 33.2 Å². The van der Waals surface area contributed by atoms with Crippen molar-refractivity contribution >= 4 is 35.8 Å². The highest BCUT2D eigenvalue weighted by Crippen LogP contribution is 2.17. The van der Waals surface area contributed by atoms with E-state index in [1.54, 1.807) is 6.08 Å². The fourth-order valence-corrected chi connectivity index (χ4v) is 8.03. The molecular weight excluding hydrogens is 1050 g/mol. The van der Waals surface area contributed by atoms with E-state index in [0.717, 1.165) is 95.7 Å². The van der Waals surface area contributed by atoms with Crippen LogP contribution in [0, 0.1) is 17.8 Å². The summed E-state index contributed by atoms with van der Waals surface area (Å²) in [4.78, 5) is 70.8. The minimum absolute atomic E-state index is 0.0677. The van der Waals surface area contributed by atoms with E-state index >= 15 is 0 Å². The Bertz CT molecular complexity index is 1540. The first-order chi connectivity index (χ1) is 40.0. The van der Waals surface area contributed by atoms with Gasteiger partial charge in [0.2, 0.25) is 0 Å². The molecule has 13 nitrogen and oxygen atoms in total. The standard InChI is InChI=1S/C28H52O6.C27H50O5.C8H12.C7H14O2/c1-5-7-9-11-13-15-17-26(29)33-22-25(21-28(31)32-20-19-24(3)4)23-34-27(30)18-16-14-12-10-8-6-2;1-5-8-10-12-14-16-18-24(4)31-22-25(21-27(29)30-20-7-3)23-32-26(28)19-17-15-13-11-9-6-2;1-4-6-8(3)7-5-2;1-3-4-5-6-9-7(2)8/h24-25H,5-23H2,1-4H3;25H,4-23H2,1-3H3;4-7H,1H2,2-3H3;3-6H2,1-2H3/b;;7-5-,8-6-;. The van der Waals surface area contributed by atoms with Crippen molar-refractivity contribution in [2.75, 3.05) is 46.2 Å². The summed E-state index contributed by atoms with van der Waals surface area (Å²) < 4.78 is 37.3. The Morgan fingerprint density at radius 2 is 0.747 bits per heavy atom. The lowest BCUT2D eigenvalue weighted by molar-refractivity contribution is -0.154.